The molecule has 112 valence electrons. The molecule has 3 nitrogen and oxygen atoms in total. The molecule has 0 radical (unpaired) electrons. The van der Waals surface area contributed by atoms with Crippen molar-refractivity contribution in [2.45, 2.75) is 34.1 Å². The summed E-state index contributed by atoms with van der Waals surface area (Å²) < 4.78 is 0. The monoisotopic (exact) mass is 276 g/mol. The molecule has 0 aromatic heterocycles. The molecule has 1 saturated carbocycles. The van der Waals surface area contributed by atoms with E-state index in [1.807, 2.05) is 43.9 Å². The molecule has 20 heavy (non-hydrogen) atoms. The Morgan fingerprint density at radius 3 is 2.15 bits per heavy atom. The Balaban J connectivity index is 0.000000240. The van der Waals surface area contributed by atoms with Crippen LogP contribution in [0.2, 0.25) is 0 Å². The van der Waals surface area contributed by atoms with E-state index in [2.05, 4.69) is 19.1 Å². The third kappa shape index (κ3) is 4.07. The second-order valence-corrected chi connectivity index (χ2v) is 5.69. The number of nitrogens with zero attached hydrogens (tertiary/aromatic N) is 1. The van der Waals surface area contributed by atoms with E-state index < -0.39 is 0 Å². The Labute approximate surface area is 123 Å². The number of rotatable bonds is 4. The number of nitrogens with two attached hydrogens (primary N) is 1. The number of carbonyl (C=O) groups is 1. The van der Waals surface area contributed by atoms with Gasteiger partial charge in [0.25, 0.3) is 0 Å². The van der Waals surface area contributed by atoms with Gasteiger partial charge in [0.05, 0.1) is 5.41 Å². The Morgan fingerprint density at radius 1 is 1.30 bits per heavy atom. The lowest BCUT2D eigenvalue weighted by Gasteiger charge is -2.23. The zero-order valence-corrected chi connectivity index (χ0v) is 13.2. The highest BCUT2D eigenvalue weighted by atomic mass is 16.2. The van der Waals surface area contributed by atoms with E-state index in [1.54, 1.807) is 0 Å². The predicted molar refractivity (Wildman–Crippen MR) is 84.4 cm³/mol. The van der Waals surface area contributed by atoms with Crippen molar-refractivity contribution in [1.29, 1.82) is 0 Å². The standard InChI is InChI=1S/C10H20N2O.C7H8/c1-4-12(5-2)9(13)10(3)6-8(10)7-11;1-7-5-3-2-4-6-7/h8H,4-7,11H2,1-3H3;2-6H,1H3. The fraction of sp³-hybridized carbons (Fsp3) is 0.588. The van der Waals surface area contributed by atoms with E-state index in [-0.39, 0.29) is 11.3 Å². The quantitative estimate of drug-likeness (QED) is 0.919. The number of amides is 1. The van der Waals surface area contributed by atoms with Crippen LogP contribution in [-0.2, 0) is 4.79 Å². The summed E-state index contributed by atoms with van der Waals surface area (Å²) in [5.74, 6) is 0.702. The molecule has 3 heteroatoms. The van der Waals surface area contributed by atoms with Crippen LogP contribution in [0, 0.1) is 18.3 Å². The maximum absolute atomic E-state index is 11.9. The van der Waals surface area contributed by atoms with Gasteiger partial charge < -0.3 is 10.6 Å². The second-order valence-electron chi connectivity index (χ2n) is 5.69. The third-order valence-corrected chi connectivity index (χ3v) is 4.18. The van der Waals surface area contributed by atoms with E-state index in [0.29, 0.717) is 12.5 Å². The van der Waals surface area contributed by atoms with Gasteiger partial charge in [0.1, 0.15) is 0 Å². The fourth-order valence-electron chi connectivity index (χ4n) is 2.46. The van der Waals surface area contributed by atoms with Gasteiger partial charge in [-0.15, -0.1) is 0 Å². The van der Waals surface area contributed by atoms with Crippen molar-refractivity contribution in [3.8, 4) is 0 Å². The third-order valence-electron chi connectivity index (χ3n) is 4.18. The van der Waals surface area contributed by atoms with Crippen molar-refractivity contribution in [1.82, 2.24) is 4.90 Å². The van der Waals surface area contributed by atoms with Gasteiger partial charge in [0.15, 0.2) is 0 Å². The Kier molecular flexibility index (Phi) is 6.21. The van der Waals surface area contributed by atoms with Gasteiger partial charge in [-0.05, 0) is 39.7 Å². The summed E-state index contributed by atoms with van der Waals surface area (Å²) in [6, 6.07) is 10.3. The molecule has 1 fully saturated rings. The summed E-state index contributed by atoms with van der Waals surface area (Å²) in [4.78, 5) is 13.8. The summed E-state index contributed by atoms with van der Waals surface area (Å²) in [6.45, 7) is 10.4. The molecule has 2 atom stereocenters. The molecule has 2 rings (SSSR count). The highest BCUT2D eigenvalue weighted by Crippen LogP contribution is 2.52. The smallest absolute Gasteiger partial charge is 0.228 e. The van der Waals surface area contributed by atoms with Crippen molar-refractivity contribution in [3.05, 3.63) is 35.9 Å². The van der Waals surface area contributed by atoms with Crippen LogP contribution in [0.15, 0.2) is 30.3 Å². The zero-order chi connectivity index (χ0) is 15.2. The molecular weight excluding hydrogens is 248 g/mol. The van der Waals surface area contributed by atoms with Crippen LogP contribution in [0.5, 0.6) is 0 Å². The summed E-state index contributed by atoms with van der Waals surface area (Å²) in [7, 11) is 0. The maximum Gasteiger partial charge on any atom is 0.228 e. The van der Waals surface area contributed by atoms with Crippen LogP contribution in [0.25, 0.3) is 0 Å². The first kappa shape index (κ1) is 16.7. The molecule has 1 aliphatic rings. The molecule has 1 amide bonds. The summed E-state index contributed by atoms with van der Waals surface area (Å²) in [5.41, 5.74) is 6.74. The molecule has 0 bridgehead atoms. The van der Waals surface area contributed by atoms with Crippen molar-refractivity contribution in [2.75, 3.05) is 19.6 Å². The number of hydrogen-bond acceptors (Lipinski definition) is 2. The number of carbonyl (C=O) groups excluding carboxylic acids is 1. The molecule has 1 aromatic carbocycles. The first-order valence-corrected chi connectivity index (χ1v) is 7.50. The van der Waals surface area contributed by atoms with Gasteiger partial charge in [0.2, 0.25) is 5.91 Å². The van der Waals surface area contributed by atoms with Crippen LogP contribution >= 0.6 is 0 Å². The first-order valence-electron chi connectivity index (χ1n) is 7.50. The van der Waals surface area contributed by atoms with Crippen molar-refractivity contribution in [3.63, 3.8) is 0 Å². The summed E-state index contributed by atoms with van der Waals surface area (Å²) in [6.07, 6.45) is 0.971. The van der Waals surface area contributed by atoms with Gasteiger partial charge in [-0.25, -0.2) is 0 Å². The summed E-state index contributed by atoms with van der Waals surface area (Å²) >= 11 is 0. The minimum absolute atomic E-state index is 0.138. The van der Waals surface area contributed by atoms with Crippen molar-refractivity contribution >= 4 is 5.91 Å². The largest absolute Gasteiger partial charge is 0.343 e. The zero-order valence-electron chi connectivity index (χ0n) is 13.2. The minimum atomic E-state index is -0.138. The first-order chi connectivity index (χ1) is 9.49. The Bertz CT molecular complexity index is 414. The Hall–Kier alpha value is -1.35. The minimum Gasteiger partial charge on any atom is -0.343 e. The lowest BCUT2D eigenvalue weighted by Crippen LogP contribution is -2.37. The summed E-state index contributed by atoms with van der Waals surface area (Å²) in [5, 5.41) is 0. The van der Waals surface area contributed by atoms with Crippen molar-refractivity contribution in [2.24, 2.45) is 17.1 Å². The molecule has 0 saturated heterocycles. The van der Waals surface area contributed by atoms with E-state index in [0.717, 1.165) is 19.5 Å². The van der Waals surface area contributed by atoms with Gasteiger partial charge in [0, 0.05) is 13.1 Å². The van der Waals surface area contributed by atoms with E-state index in [1.165, 1.54) is 5.56 Å². The van der Waals surface area contributed by atoms with Gasteiger partial charge in [-0.3, -0.25) is 4.79 Å². The van der Waals surface area contributed by atoms with Crippen LogP contribution in [0.1, 0.15) is 32.8 Å². The molecule has 0 spiro atoms. The SMILES string of the molecule is CCN(CC)C(=O)C1(C)CC1CN.Cc1ccccc1. The lowest BCUT2D eigenvalue weighted by atomic mass is 10.0. The molecule has 2 unspecified atom stereocenters. The molecule has 0 heterocycles. The average molecular weight is 276 g/mol. The van der Waals surface area contributed by atoms with Crippen LogP contribution in [0.4, 0.5) is 0 Å². The highest BCUT2D eigenvalue weighted by molar-refractivity contribution is 5.85. The fourth-order valence-corrected chi connectivity index (χ4v) is 2.46. The maximum atomic E-state index is 11.9. The van der Waals surface area contributed by atoms with E-state index in [4.69, 9.17) is 5.73 Å². The molecule has 1 aromatic rings. The number of benzene rings is 1. The number of aryl methyl sites for hydroxylation is 1. The van der Waals surface area contributed by atoms with Crippen LogP contribution in [0.3, 0.4) is 0 Å². The van der Waals surface area contributed by atoms with E-state index in [9.17, 15) is 4.79 Å². The molecule has 1 aliphatic carbocycles. The van der Waals surface area contributed by atoms with E-state index >= 15 is 0 Å². The molecule has 0 aliphatic heterocycles. The predicted octanol–water partition coefficient (Wildman–Crippen LogP) is 2.83. The van der Waals surface area contributed by atoms with Crippen LogP contribution in [-0.4, -0.2) is 30.4 Å². The lowest BCUT2D eigenvalue weighted by molar-refractivity contribution is -0.136. The normalized spacial score (nSPS) is 23.6. The van der Waals surface area contributed by atoms with Gasteiger partial charge in [-0.1, -0.05) is 42.8 Å². The van der Waals surface area contributed by atoms with Crippen molar-refractivity contribution < 1.29 is 4.79 Å². The molecular formula is C17H28N2O. The topological polar surface area (TPSA) is 46.3 Å². The second kappa shape index (κ2) is 7.44. The van der Waals surface area contributed by atoms with Gasteiger partial charge >= 0.3 is 0 Å². The Morgan fingerprint density at radius 2 is 1.85 bits per heavy atom. The van der Waals surface area contributed by atoms with Crippen LogP contribution < -0.4 is 5.73 Å². The van der Waals surface area contributed by atoms with Gasteiger partial charge in [-0.2, -0.15) is 0 Å². The highest BCUT2D eigenvalue weighted by Gasteiger charge is 2.55. The molecule has 2 N–H and O–H groups in total. The average Bonchev–Trinajstić information content (AvgIpc) is 3.14. The number of hydrogen-bond donors (Lipinski definition) is 1.